The second-order valence-corrected chi connectivity index (χ2v) is 3.08. The zero-order chi connectivity index (χ0) is 11.4. The summed E-state index contributed by atoms with van der Waals surface area (Å²) in [7, 11) is 0. The van der Waals surface area contributed by atoms with Crippen LogP contribution in [0.5, 0.6) is 0 Å². The van der Waals surface area contributed by atoms with E-state index in [-0.39, 0.29) is 24.3 Å². The zero-order valence-corrected chi connectivity index (χ0v) is 7.89. The number of aliphatic hydroxyl groups excluding tert-OH is 1. The van der Waals surface area contributed by atoms with Crippen LogP contribution in [0.2, 0.25) is 0 Å². The maximum absolute atomic E-state index is 13.2. The van der Waals surface area contributed by atoms with Crippen molar-refractivity contribution in [1.82, 2.24) is 0 Å². The molecule has 15 heavy (non-hydrogen) atoms. The van der Waals surface area contributed by atoms with Gasteiger partial charge in [-0.1, -0.05) is 0 Å². The van der Waals surface area contributed by atoms with Crippen molar-refractivity contribution in [1.29, 1.82) is 0 Å². The van der Waals surface area contributed by atoms with E-state index in [1.54, 1.807) is 0 Å². The van der Waals surface area contributed by atoms with Crippen molar-refractivity contribution in [2.24, 2.45) is 5.73 Å². The van der Waals surface area contributed by atoms with Crippen molar-refractivity contribution in [3.05, 3.63) is 39.7 Å². The van der Waals surface area contributed by atoms with Gasteiger partial charge in [0.1, 0.15) is 5.82 Å². The van der Waals surface area contributed by atoms with Gasteiger partial charge in [-0.3, -0.25) is 10.1 Å². The fourth-order valence-corrected chi connectivity index (χ4v) is 1.22. The molecule has 0 unspecified atom stereocenters. The smallest absolute Gasteiger partial charge is 0.269 e. The average molecular weight is 214 g/mol. The summed E-state index contributed by atoms with van der Waals surface area (Å²) in [6.07, 6.45) is 0.165. The van der Waals surface area contributed by atoms with Gasteiger partial charge in [0, 0.05) is 30.3 Å². The van der Waals surface area contributed by atoms with Gasteiger partial charge in [0.15, 0.2) is 0 Å². The van der Waals surface area contributed by atoms with Crippen LogP contribution < -0.4 is 5.73 Å². The quantitative estimate of drug-likeness (QED) is 0.580. The van der Waals surface area contributed by atoms with Crippen LogP contribution in [0.3, 0.4) is 0 Å². The van der Waals surface area contributed by atoms with Gasteiger partial charge in [0.25, 0.3) is 5.69 Å². The van der Waals surface area contributed by atoms with Crippen molar-refractivity contribution >= 4 is 5.69 Å². The molecule has 0 aliphatic rings. The van der Waals surface area contributed by atoms with Crippen molar-refractivity contribution in [3.8, 4) is 0 Å². The largest absolute Gasteiger partial charge is 0.396 e. The summed E-state index contributed by atoms with van der Waals surface area (Å²) in [5.74, 6) is -0.596. The minimum Gasteiger partial charge on any atom is -0.396 e. The molecule has 0 saturated heterocycles. The lowest BCUT2D eigenvalue weighted by Gasteiger charge is -2.10. The Bertz CT molecular complexity index is 370. The molecule has 0 fully saturated rings. The molecule has 6 heteroatoms. The molecule has 0 spiro atoms. The molecular formula is C9H11FN2O3. The Morgan fingerprint density at radius 1 is 1.60 bits per heavy atom. The topological polar surface area (TPSA) is 89.4 Å². The summed E-state index contributed by atoms with van der Waals surface area (Å²) in [4.78, 5) is 9.82. The van der Waals surface area contributed by atoms with Gasteiger partial charge in [-0.05, 0) is 12.5 Å². The van der Waals surface area contributed by atoms with Gasteiger partial charge >= 0.3 is 0 Å². The van der Waals surface area contributed by atoms with E-state index >= 15 is 0 Å². The minimum atomic E-state index is -0.727. The first kappa shape index (κ1) is 11.5. The standard InChI is InChI=1S/C9H11FN2O3/c10-8-2-1-6(12(14)15)5-7(8)9(11)3-4-13/h1-2,5,9,13H,3-4,11H2/t9-/m0/s1. The van der Waals surface area contributed by atoms with E-state index in [1.807, 2.05) is 0 Å². The van der Waals surface area contributed by atoms with Crippen LogP contribution in [0.1, 0.15) is 18.0 Å². The number of halogens is 1. The molecule has 0 aromatic heterocycles. The molecular weight excluding hydrogens is 203 g/mol. The SMILES string of the molecule is N[C@@H](CCO)c1cc([N+](=O)[O-])ccc1F. The lowest BCUT2D eigenvalue weighted by atomic mass is 10.0. The van der Waals surface area contributed by atoms with Crippen LogP contribution in [0.15, 0.2) is 18.2 Å². The van der Waals surface area contributed by atoms with Crippen molar-refractivity contribution in [2.75, 3.05) is 6.61 Å². The number of hydrogen-bond acceptors (Lipinski definition) is 4. The third-order valence-corrected chi connectivity index (χ3v) is 2.03. The predicted octanol–water partition coefficient (Wildman–Crippen LogP) is 1.12. The third kappa shape index (κ3) is 2.71. The van der Waals surface area contributed by atoms with Crippen LogP contribution >= 0.6 is 0 Å². The fraction of sp³-hybridized carbons (Fsp3) is 0.333. The van der Waals surface area contributed by atoms with E-state index in [2.05, 4.69) is 0 Å². The molecule has 5 nitrogen and oxygen atoms in total. The summed E-state index contributed by atoms with van der Waals surface area (Å²) in [5, 5.41) is 19.1. The van der Waals surface area contributed by atoms with E-state index < -0.39 is 16.8 Å². The Hall–Kier alpha value is -1.53. The number of aliphatic hydroxyl groups is 1. The van der Waals surface area contributed by atoms with Gasteiger partial charge in [0.2, 0.25) is 0 Å². The number of nitro groups is 1. The van der Waals surface area contributed by atoms with Gasteiger partial charge in [0.05, 0.1) is 4.92 Å². The van der Waals surface area contributed by atoms with Crippen LogP contribution in [0.25, 0.3) is 0 Å². The second kappa shape index (κ2) is 4.81. The molecule has 1 aromatic rings. The normalized spacial score (nSPS) is 12.5. The molecule has 82 valence electrons. The Balaban J connectivity index is 3.04. The number of hydrogen-bond donors (Lipinski definition) is 2. The highest BCUT2D eigenvalue weighted by molar-refractivity contribution is 5.36. The average Bonchev–Trinajstić information content (AvgIpc) is 2.18. The van der Waals surface area contributed by atoms with Crippen LogP contribution in [0.4, 0.5) is 10.1 Å². The monoisotopic (exact) mass is 214 g/mol. The van der Waals surface area contributed by atoms with E-state index in [0.29, 0.717) is 0 Å². The van der Waals surface area contributed by atoms with Crippen molar-refractivity contribution < 1.29 is 14.4 Å². The number of non-ortho nitro benzene ring substituents is 1. The molecule has 0 bridgehead atoms. The number of nitro benzene ring substituents is 1. The molecule has 3 N–H and O–H groups in total. The van der Waals surface area contributed by atoms with E-state index in [4.69, 9.17) is 10.8 Å². The first-order valence-electron chi connectivity index (χ1n) is 4.36. The van der Waals surface area contributed by atoms with Crippen molar-refractivity contribution in [2.45, 2.75) is 12.5 Å². The van der Waals surface area contributed by atoms with Gasteiger partial charge < -0.3 is 10.8 Å². The zero-order valence-electron chi connectivity index (χ0n) is 7.89. The maximum atomic E-state index is 13.2. The van der Waals surface area contributed by atoms with Crippen molar-refractivity contribution in [3.63, 3.8) is 0 Å². The highest BCUT2D eigenvalue weighted by Gasteiger charge is 2.15. The predicted molar refractivity (Wildman–Crippen MR) is 51.7 cm³/mol. The summed E-state index contributed by atoms with van der Waals surface area (Å²) in [5.41, 5.74) is 5.40. The number of nitrogens with two attached hydrogens (primary N) is 1. The third-order valence-electron chi connectivity index (χ3n) is 2.03. The summed E-state index contributed by atoms with van der Waals surface area (Å²) < 4.78 is 13.2. The highest BCUT2D eigenvalue weighted by Crippen LogP contribution is 2.22. The van der Waals surface area contributed by atoms with Gasteiger partial charge in [-0.25, -0.2) is 4.39 Å². The highest BCUT2D eigenvalue weighted by atomic mass is 19.1. The lowest BCUT2D eigenvalue weighted by molar-refractivity contribution is -0.385. The first-order valence-corrected chi connectivity index (χ1v) is 4.36. The van der Waals surface area contributed by atoms with Gasteiger partial charge in [-0.15, -0.1) is 0 Å². The fourth-order valence-electron chi connectivity index (χ4n) is 1.22. The molecule has 0 aliphatic heterocycles. The number of nitrogens with zero attached hydrogens (tertiary/aromatic N) is 1. The summed E-state index contributed by atoms with van der Waals surface area (Å²) >= 11 is 0. The first-order chi connectivity index (χ1) is 7.06. The maximum Gasteiger partial charge on any atom is 0.269 e. The molecule has 0 amide bonds. The Labute approximate surface area is 85.5 Å². The van der Waals surface area contributed by atoms with Crippen LogP contribution in [0, 0.1) is 15.9 Å². The molecule has 0 radical (unpaired) electrons. The Morgan fingerprint density at radius 2 is 2.27 bits per heavy atom. The number of rotatable bonds is 4. The van der Waals surface area contributed by atoms with E-state index in [9.17, 15) is 14.5 Å². The Kier molecular flexibility index (Phi) is 3.70. The molecule has 1 aromatic carbocycles. The molecule has 1 rings (SSSR count). The molecule has 1 atom stereocenters. The van der Waals surface area contributed by atoms with E-state index in [1.165, 1.54) is 0 Å². The summed E-state index contributed by atoms with van der Waals surface area (Å²) in [6, 6.07) is 2.44. The second-order valence-electron chi connectivity index (χ2n) is 3.08. The number of benzene rings is 1. The minimum absolute atomic E-state index is 0.0539. The van der Waals surface area contributed by atoms with Crippen LogP contribution in [-0.2, 0) is 0 Å². The Morgan fingerprint density at radius 3 is 2.80 bits per heavy atom. The summed E-state index contributed by atoms with van der Waals surface area (Å²) in [6.45, 7) is -0.191. The van der Waals surface area contributed by atoms with E-state index in [0.717, 1.165) is 18.2 Å². The molecule has 0 heterocycles. The lowest BCUT2D eigenvalue weighted by Crippen LogP contribution is -2.14. The molecule has 0 aliphatic carbocycles. The van der Waals surface area contributed by atoms with Gasteiger partial charge in [-0.2, -0.15) is 0 Å². The van der Waals surface area contributed by atoms with Crippen LogP contribution in [-0.4, -0.2) is 16.6 Å². The molecule has 0 saturated carbocycles.